The van der Waals surface area contributed by atoms with E-state index >= 15 is 0 Å². The number of amides is 2. The third-order valence-corrected chi connectivity index (χ3v) is 3.71. The molecule has 1 aliphatic rings. The second kappa shape index (κ2) is 5.40. The Balaban J connectivity index is 1.82. The molecule has 0 heterocycles. The van der Waals surface area contributed by atoms with Gasteiger partial charge in [-0.1, -0.05) is 24.3 Å². The highest BCUT2D eigenvalue weighted by molar-refractivity contribution is 5.74. The molecule has 2 atom stereocenters. The second-order valence-corrected chi connectivity index (χ2v) is 4.93. The fourth-order valence-corrected chi connectivity index (χ4v) is 2.20. The van der Waals surface area contributed by atoms with E-state index in [1.165, 1.54) is 16.0 Å². The number of aliphatic hydroxyl groups is 1. The summed E-state index contributed by atoms with van der Waals surface area (Å²) in [7, 11) is 1.70. The highest BCUT2D eigenvalue weighted by atomic mass is 16.3. The zero-order chi connectivity index (χ0) is 13.1. The van der Waals surface area contributed by atoms with Crippen LogP contribution in [0.2, 0.25) is 0 Å². The van der Waals surface area contributed by atoms with Crippen molar-refractivity contribution in [1.29, 1.82) is 0 Å². The van der Waals surface area contributed by atoms with Crippen LogP contribution in [-0.2, 0) is 6.42 Å². The van der Waals surface area contributed by atoms with Gasteiger partial charge in [-0.2, -0.15) is 0 Å². The Labute approximate surface area is 108 Å². The summed E-state index contributed by atoms with van der Waals surface area (Å²) in [5.74, 6) is 0.433. The largest absolute Gasteiger partial charge is 0.394 e. The van der Waals surface area contributed by atoms with E-state index in [9.17, 15) is 4.79 Å². The predicted molar refractivity (Wildman–Crippen MR) is 70.6 cm³/mol. The molecule has 0 fully saturated rings. The van der Waals surface area contributed by atoms with E-state index in [4.69, 9.17) is 5.11 Å². The number of carbonyl (C=O) groups excluding carboxylic acids is 1. The topological polar surface area (TPSA) is 52.6 Å². The van der Waals surface area contributed by atoms with Crippen LogP contribution in [0.1, 0.15) is 24.0 Å². The molecular weight excluding hydrogens is 228 g/mol. The third-order valence-electron chi connectivity index (χ3n) is 3.71. The van der Waals surface area contributed by atoms with Gasteiger partial charge < -0.3 is 15.3 Å². The van der Waals surface area contributed by atoms with E-state index in [0.717, 1.165) is 6.42 Å². The van der Waals surface area contributed by atoms with Crippen molar-refractivity contribution in [2.45, 2.75) is 25.3 Å². The minimum atomic E-state index is -0.154. The summed E-state index contributed by atoms with van der Waals surface area (Å²) in [4.78, 5) is 13.3. The molecule has 0 radical (unpaired) electrons. The number of benzene rings is 1. The first-order valence-corrected chi connectivity index (χ1v) is 6.32. The Bertz CT molecular complexity index is 434. The molecule has 0 bridgehead atoms. The van der Waals surface area contributed by atoms with Crippen molar-refractivity contribution in [1.82, 2.24) is 10.2 Å². The molecule has 0 saturated carbocycles. The Morgan fingerprint density at radius 2 is 2.28 bits per heavy atom. The van der Waals surface area contributed by atoms with Crippen LogP contribution in [-0.4, -0.2) is 42.3 Å². The number of carbonyl (C=O) groups is 1. The SMILES string of the molecule is CC(CO)N(C)C(=O)NCC1Cc2ccccc21. The lowest BCUT2D eigenvalue weighted by Gasteiger charge is -2.31. The van der Waals surface area contributed by atoms with Crippen molar-refractivity contribution in [2.75, 3.05) is 20.2 Å². The van der Waals surface area contributed by atoms with Crippen molar-refractivity contribution in [3.63, 3.8) is 0 Å². The van der Waals surface area contributed by atoms with Crippen LogP contribution < -0.4 is 5.32 Å². The molecular formula is C14H20N2O2. The lowest BCUT2D eigenvalue weighted by atomic mass is 9.78. The number of aliphatic hydroxyl groups excluding tert-OH is 1. The standard InChI is InChI=1S/C14H20N2O2/c1-10(9-17)16(2)14(18)15-8-12-7-11-5-3-4-6-13(11)12/h3-6,10,12,17H,7-9H2,1-2H3,(H,15,18). The smallest absolute Gasteiger partial charge is 0.317 e. The molecule has 4 nitrogen and oxygen atoms in total. The van der Waals surface area contributed by atoms with Crippen LogP contribution in [0.4, 0.5) is 4.79 Å². The number of hydrogen-bond acceptors (Lipinski definition) is 2. The summed E-state index contributed by atoms with van der Waals surface area (Å²) >= 11 is 0. The molecule has 1 aliphatic carbocycles. The minimum absolute atomic E-state index is 0.0177. The molecule has 2 rings (SSSR count). The highest BCUT2D eigenvalue weighted by Crippen LogP contribution is 2.33. The number of hydrogen-bond donors (Lipinski definition) is 2. The Kier molecular flexibility index (Phi) is 3.87. The van der Waals surface area contributed by atoms with E-state index in [2.05, 4.69) is 17.4 Å². The molecule has 0 saturated heterocycles. The molecule has 1 aromatic rings. The van der Waals surface area contributed by atoms with E-state index in [1.54, 1.807) is 7.05 Å². The monoisotopic (exact) mass is 248 g/mol. The first-order chi connectivity index (χ1) is 8.63. The third kappa shape index (κ3) is 2.48. The van der Waals surface area contributed by atoms with Gasteiger partial charge in [0.25, 0.3) is 0 Å². The normalized spacial score (nSPS) is 18.5. The van der Waals surface area contributed by atoms with E-state index < -0.39 is 0 Å². The molecule has 0 aliphatic heterocycles. The van der Waals surface area contributed by atoms with Gasteiger partial charge in [0.15, 0.2) is 0 Å². The quantitative estimate of drug-likeness (QED) is 0.845. The van der Waals surface area contributed by atoms with Crippen LogP contribution in [0.25, 0.3) is 0 Å². The Hall–Kier alpha value is -1.55. The van der Waals surface area contributed by atoms with Crippen molar-refractivity contribution < 1.29 is 9.90 Å². The minimum Gasteiger partial charge on any atom is -0.394 e. The maximum absolute atomic E-state index is 11.8. The average molecular weight is 248 g/mol. The summed E-state index contributed by atoms with van der Waals surface area (Å²) in [5, 5.41) is 11.9. The van der Waals surface area contributed by atoms with E-state index in [1.807, 2.05) is 19.1 Å². The molecule has 98 valence electrons. The number of urea groups is 1. The number of fused-ring (bicyclic) bond motifs is 1. The molecule has 18 heavy (non-hydrogen) atoms. The van der Waals surface area contributed by atoms with Gasteiger partial charge in [-0.15, -0.1) is 0 Å². The van der Waals surface area contributed by atoms with Crippen LogP contribution in [0.3, 0.4) is 0 Å². The van der Waals surface area contributed by atoms with Crippen molar-refractivity contribution in [3.8, 4) is 0 Å². The van der Waals surface area contributed by atoms with Gasteiger partial charge in [-0.25, -0.2) is 4.79 Å². The van der Waals surface area contributed by atoms with Gasteiger partial charge in [0, 0.05) is 19.5 Å². The zero-order valence-electron chi connectivity index (χ0n) is 10.9. The first kappa shape index (κ1) is 12.9. The number of rotatable bonds is 4. The van der Waals surface area contributed by atoms with Gasteiger partial charge in [-0.05, 0) is 24.5 Å². The van der Waals surface area contributed by atoms with Crippen molar-refractivity contribution >= 4 is 6.03 Å². The molecule has 2 unspecified atom stereocenters. The van der Waals surface area contributed by atoms with Crippen LogP contribution in [0.5, 0.6) is 0 Å². The van der Waals surface area contributed by atoms with Crippen LogP contribution >= 0.6 is 0 Å². The van der Waals surface area contributed by atoms with Crippen LogP contribution in [0.15, 0.2) is 24.3 Å². The zero-order valence-corrected chi connectivity index (χ0v) is 10.9. The molecule has 0 spiro atoms. The van der Waals surface area contributed by atoms with Crippen molar-refractivity contribution in [3.05, 3.63) is 35.4 Å². The number of likely N-dealkylation sites (N-methyl/N-ethyl adjacent to an activating group) is 1. The second-order valence-electron chi connectivity index (χ2n) is 4.93. The predicted octanol–water partition coefficient (Wildman–Crippen LogP) is 1.35. The highest BCUT2D eigenvalue weighted by Gasteiger charge is 2.26. The summed E-state index contributed by atoms with van der Waals surface area (Å²) in [6.07, 6.45) is 1.04. The van der Waals surface area contributed by atoms with Gasteiger partial charge in [0.1, 0.15) is 0 Å². The Morgan fingerprint density at radius 3 is 2.94 bits per heavy atom. The van der Waals surface area contributed by atoms with E-state index in [0.29, 0.717) is 12.5 Å². The van der Waals surface area contributed by atoms with Gasteiger partial charge >= 0.3 is 6.03 Å². The molecule has 0 aromatic heterocycles. The molecule has 2 amide bonds. The average Bonchev–Trinajstić information content (AvgIpc) is 2.37. The Morgan fingerprint density at radius 1 is 1.56 bits per heavy atom. The maximum atomic E-state index is 11.8. The fourth-order valence-electron chi connectivity index (χ4n) is 2.20. The fraction of sp³-hybridized carbons (Fsp3) is 0.500. The number of nitrogens with one attached hydrogen (secondary N) is 1. The van der Waals surface area contributed by atoms with Crippen LogP contribution in [0, 0.1) is 0 Å². The van der Waals surface area contributed by atoms with Gasteiger partial charge in [0.2, 0.25) is 0 Å². The lowest BCUT2D eigenvalue weighted by molar-refractivity contribution is 0.157. The first-order valence-electron chi connectivity index (χ1n) is 6.32. The number of nitrogens with zero attached hydrogens (tertiary/aromatic N) is 1. The van der Waals surface area contributed by atoms with Gasteiger partial charge in [0.05, 0.1) is 12.6 Å². The summed E-state index contributed by atoms with van der Waals surface area (Å²) in [6, 6.07) is 8.06. The maximum Gasteiger partial charge on any atom is 0.317 e. The van der Waals surface area contributed by atoms with E-state index in [-0.39, 0.29) is 18.7 Å². The molecule has 2 N–H and O–H groups in total. The van der Waals surface area contributed by atoms with Crippen molar-refractivity contribution in [2.24, 2.45) is 0 Å². The lowest BCUT2D eigenvalue weighted by Crippen LogP contribution is -2.45. The molecule has 4 heteroatoms. The summed E-state index contributed by atoms with van der Waals surface area (Å²) < 4.78 is 0. The molecule has 1 aromatic carbocycles. The van der Waals surface area contributed by atoms with Gasteiger partial charge in [-0.3, -0.25) is 0 Å². The summed E-state index contributed by atoms with van der Waals surface area (Å²) in [5.41, 5.74) is 2.73. The summed E-state index contributed by atoms with van der Waals surface area (Å²) in [6.45, 7) is 2.47.